The van der Waals surface area contributed by atoms with E-state index in [4.69, 9.17) is 11.6 Å². The molecule has 0 aliphatic carbocycles. The van der Waals surface area contributed by atoms with Crippen LogP contribution in [0.2, 0.25) is 5.02 Å². The highest BCUT2D eigenvalue weighted by Crippen LogP contribution is 2.18. The minimum absolute atomic E-state index is 0.0433. The van der Waals surface area contributed by atoms with E-state index in [9.17, 15) is 9.59 Å². The van der Waals surface area contributed by atoms with Crippen LogP contribution in [0.15, 0.2) is 71.5 Å². The van der Waals surface area contributed by atoms with Crippen LogP contribution in [0.5, 0.6) is 0 Å². The molecule has 6 heteroatoms. The molecule has 3 aromatic rings. The van der Waals surface area contributed by atoms with Crippen LogP contribution >= 0.6 is 11.6 Å². The van der Waals surface area contributed by atoms with Crippen LogP contribution in [0.3, 0.4) is 0 Å². The van der Waals surface area contributed by atoms with Gasteiger partial charge in [-0.1, -0.05) is 54.1 Å². The van der Waals surface area contributed by atoms with Crippen molar-refractivity contribution in [3.05, 3.63) is 87.7 Å². The molecule has 5 nitrogen and oxygen atoms in total. The third kappa shape index (κ3) is 5.30. The summed E-state index contributed by atoms with van der Waals surface area (Å²) in [4.78, 5) is 24.3. The number of amides is 1. The lowest BCUT2D eigenvalue weighted by atomic mass is 10.1. The molecule has 1 aromatic heterocycles. The lowest BCUT2D eigenvalue weighted by molar-refractivity contribution is -0.121. The maximum absolute atomic E-state index is 12.2. The average molecular weight is 396 g/mol. The maximum atomic E-state index is 12.2. The number of aromatic nitrogens is 2. The molecule has 0 aliphatic heterocycles. The van der Waals surface area contributed by atoms with E-state index < -0.39 is 0 Å². The molecule has 3 rings (SSSR count). The zero-order valence-corrected chi connectivity index (χ0v) is 16.4. The van der Waals surface area contributed by atoms with Crippen LogP contribution in [0.4, 0.5) is 0 Å². The molecule has 1 unspecified atom stereocenters. The van der Waals surface area contributed by atoms with E-state index in [1.807, 2.05) is 49.4 Å². The van der Waals surface area contributed by atoms with Gasteiger partial charge in [0.05, 0.1) is 11.7 Å². The zero-order chi connectivity index (χ0) is 19.9. The maximum Gasteiger partial charge on any atom is 0.266 e. The summed E-state index contributed by atoms with van der Waals surface area (Å²) in [5.74, 6) is -0.0433. The van der Waals surface area contributed by atoms with Crippen molar-refractivity contribution >= 4 is 17.5 Å². The van der Waals surface area contributed by atoms with E-state index in [0.717, 1.165) is 11.1 Å². The predicted octanol–water partition coefficient (Wildman–Crippen LogP) is 4.22. The molecule has 144 valence electrons. The number of hydrogen-bond acceptors (Lipinski definition) is 3. The Labute approximate surface area is 169 Å². The molecule has 0 saturated carbocycles. The minimum atomic E-state index is -0.184. The summed E-state index contributed by atoms with van der Waals surface area (Å²) < 4.78 is 1.40. The number of benzene rings is 2. The van der Waals surface area contributed by atoms with Crippen molar-refractivity contribution in [3.63, 3.8) is 0 Å². The summed E-state index contributed by atoms with van der Waals surface area (Å²) in [6, 6.07) is 20.2. The zero-order valence-electron chi connectivity index (χ0n) is 15.6. The monoisotopic (exact) mass is 395 g/mol. The second kappa shape index (κ2) is 9.33. The van der Waals surface area contributed by atoms with Crippen LogP contribution in [0, 0.1) is 0 Å². The van der Waals surface area contributed by atoms with Crippen molar-refractivity contribution in [3.8, 4) is 11.3 Å². The fraction of sp³-hybridized carbons (Fsp3) is 0.227. The van der Waals surface area contributed by atoms with Crippen LogP contribution in [0.25, 0.3) is 11.3 Å². The fourth-order valence-corrected chi connectivity index (χ4v) is 3.04. The first-order chi connectivity index (χ1) is 13.5. The Kier molecular flexibility index (Phi) is 6.61. The Morgan fingerprint density at radius 3 is 2.50 bits per heavy atom. The summed E-state index contributed by atoms with van der Waals surface area (Å²) in [6.07, 6.45) is 0.862. The lowest BCUT2D eigenvalue weighted by Crippen LogP contribution is -2.27. The molecule has 2 aromatic carbocycles. The predicted molar refractivity (Wildman–Crippen MR) is 111 cm³/mol. The number of nitrogens with one attached hydrogen (secondary N) is 1. The van der Waals surface area contributed by atoms with E-state index in [0.29, 0.717) is 30.1 Å². The van der Waals surface area contributed by atoms with Crippen molar-refractivity contribution in [1.82, 2.24) is 15.1 Å². The van der Waals surface area contributed by atoms with Gasteiger partial charge in [0.15, 0.2) is 0 Å². The third-order valence-electron chi connectivity index (χ3n) is 4.46. The molecule has 0 aliphatic rings. The second-order valence-corrected chi connectivity index (χ2v) is 7.03. The molecule has 0 bridgehead atoms. The molecular formula is C22H22ClN3O2. The molecule has 1 N–H and O–H groups in total. The van der Waals surface area contributed by atoms with E-state index in [1.165, 1.54) is 10.7 Å². The minimum Gasteiger partial charge on any atom is -0.350 e. The van der Waals surface area contributed by atoms with Gasteiger partial charge in [0.25, 0.3) is 5.56 Å². The molecule has 1 amide bonds. The third-order valence-corrected chi connectivity index (χ3v) is 4.71. The smallest absolute Gasteiger partial charge is 0.266 e. The first kappa shape index (κ1) is 19.8. The number of aryl methyl sites for hydroxylation is 1. The summed E-state index contributed by atoms with van der Waals surface area (Å²) in [5, 5.41) is 8.03. The van der Waals surface area contributed by atoms with Gasteiger partial charge >= 0.3 is 0 Å². The number of carbonyl (C=O) groups is 1. The summed E-state index contributed by atoms with van der Waals surface area (Å²) in [6.45, 7) is 2.34. The molecule has 0 fully saturated rings. The van der Waals surface area contributed by atoms with E-state index in [1.54, 1.807) is 18.2 Å². The normalized spacial score (nSPS) is 11.8. The Bertz CT molecular complexity index is 985. The van der Waals surface area contributed by atoms with Crippen molar-refractivity contribution in [2.45, 2.75) is 32.4 Å². The van der Waals surface area contributed by atoms with Gasteiger partial charge in [0, 0.05) is 29.6 Å². The number of rotatable bonds is 7. The second-order valence-electron chi connectivity index (χ2n) is 6.59. The topological polar surface area (TPSA) is 64.0 Å². The van der Waals surface area contributed by atoms with Gasteiger partial charge in [-0.2, -0.15) is 5.10 Å². The van der Waals surface area contributed by atoms with Gasteiger partial charge in [-0.25, -0.2) is 4.68 Å². The van der Waals surface area contributed by atoms with Crippen molar-refractivity contribution in [1.29, 1.82) is 0 Å². The van der Waals surface area contributed by atoms with Gasteiger partial charge in [0.1, 0.15) is 0 Å². The number of halogens is 1. The standard InChI is InChI=1S/C22H22ClN3O2/c1-16(17-6-3-2-4-7-17)24-21(27)8-5-15-26-22(28)14-13-20(25-26)18-9-11-19(23)12-10-18/h2-4,6-7,9-14,16H,5,8,15H2,1H3,(H,24,27). The summed E-state index contributed by atoms with van der Waals surface area (Å²) in [7, 11) is 0. The summed E-state index contributed by atoms with van der Waals surface area (Å²) >= 11 is 5.92. The Morgan fingerprint density at radius 2 is 1.79 bits per heavy atom. The fourth-order valence-electron chi connectivity index (χ4n) is 2.91. The molecule has 0 saturated heterocycles. The molecule has 1 heterocycles. The van der Waals surface area contributed by atoms with Gasteiger partial charge < -0.3 is 5.32 Å². The summed E-state index contributed by atoms with van der Waals surface area (Å²) in [5.41, 5.74) is 2.45. The molecular weight excluding hydrogens is 374 g/mol. The van der Waals surface area contributed by atoms with E-state index >= 15 is 0 Å². The van der Waals surface area contributed by atoms with Crippen molar-refractivity contribution in [2.75, 3.05) is 0 Å². The van der Waals surface area contributed by atoms with Crippen molar-refractivity contribution < 1.29 is 4.79 Å². The first-order valence-electron chi connectivity index (χ1n) is 9.21. The molecule has 28 heavy (non-hydrogen) atoms. The van der Waals surface area contributed by atoms with Crippen LogP contribution in [-0.4, -0.2) is 15.7 Å². The number of carbonyl (C=O) groups excluding carboxylic acids is 1. The molecule has 1 atom stereocenters. The van der Waals surface area contributed by atoms with Crippen LogP contribution < -0.4 is 10.9 Å². The largest absolute Gasteiger partial charge is 0.350 e. The lowest BCUT2D eigenvalue weighted by Gasteiger charge is -2.14. The number of hydrogen-bond donors (Lipinski definition) is 1. The first-order valence-corrected chi connectivity index (χ1v) is 9.59. The van der Waals surface area contributed by atoms with E-state index in [2.05, 4.69) is 10.4 Å². The van der Waals surface area contributed by atoms with Crippen LogP contribution in [0.1, 0.15) is 31.4 Å². The Morgan fingerprint density at radius 1 is 1.07 bits per heavy atom. The van der Waals surface area contributed by atoms with Gasteiger partial charge in [-0.15, -0.1) is 0 Å². The van der Waals surface area contributed by atoms with E-state index in [-0.39, 0.29) is 17.5 Å². The number of nitrogens with zero attached hydrogens (tertiary/aromatic N) is 2. The Balaban J connectivity index is 1.57. The quantitative estimate of drug-likeness (QED) is 0.651. The average Bonchev–Trinajstić information content (AvgIpc) is 2.70. The highest BCUT2D eigenvalue weighted by molar-refractivity contribution is 6.30. The van der Waals surface area contributed by atoms with Gasteiger partial charge in [-0.3, -0.25) is 9.59 Å². The van der Waals surface area contributed by atoms with Crippen LogP contribution in [-0.2, 0) is 11.3 Å². The highest BCUT2D eigenvalue weighted by Gasteiger charge is 2.10. The molecule has 0 spiro atoms. The Hall–Kier alpha value is -2.92. The van der Waals surface area contributed by atoms with Gasteiger partial charge in [0.2, 0.25) is 5.91 Å². The SMILES string of the molecule is CC(NC(=O)CCCn1nc(-c2ccc(Cl)cc2)ccc1=O)c1ccccc1. The van der Waals surface area contributed by atoms with Gasteiger partial charge in [-0.05, 0) is 37.1 Å². The van der Waals surface area contributed by atoms with Crippen molar-refractivity contribution in [2.24, 2.45) is 0 Å². The molecule has 0 radical (unpaired) electrons. The highest BCUT2D eigenvalue weighted by atomic mass is 35.5.